The number of hydrogen-bond donors (Lipinski definition) is 2. The van der Waals surface area contributed by atoms with Gasteiger partial charge < -0.3 is 15.4 Å². The minimum absolute atomic E-state index is 0.0890. The molecule has 5 aromatic heterocycles. The number of anilines is 4. The van der Waals surface area contributed by atoms with Gasteiger partial charge in [-0.2, -0.15) is 5.10 Å². The van der Waals surface area contributed by atoms with Crippen LogP contribution in [0, 0.1) is 0 Å². The van der Waals surface area contributed by atoms with Crippen LogP contribution in [0.3, 0.4) is 0 Å². The second-order valence-corrected chi connectivity index (χ2v) is 8.43. The van der Waals surface area contributed by atoms with Gasteiger partial charge in [-0.3, -0.25) is 18.8 Å². The quantitative estimate of drug-likeness (QED) is 0.273. The molecule has 12 nitrogen and oxygen atoms in total. The van der Waals surface area contributed by atoms with Crippen LogP contribution in [0.5, 0.6) is 5.75 Å². The fraction of sp³-hybridized carbons (Fsp3) is 0.148. The van der Waals surface area contributed by atoms with Gasteiger partial charge in [0.1, 0.15) is 18.0 Å². The van der Waals surface area contributed by atoms with Crippen LogP contribution >= 0.6 is 0 Å². The van der Waals surface area contributed by atoms with Gasteiger partial charge in [0, 0.05) is 44.2 Å². The van der Waals surface area contributed by atoms with Crippen LogP contribution in [-0.4, -0.2) is 47.2 Å². The van der Waals surface area contributed by atoms with Gasteiger partial charge >= 0.3 is 0 Å². The third kappa shape index (κ3) is 5.34. The number of hydrogen-bond acceptors (Lipinski definition) is 10. The summed E-state index contributed by atoms with van der Waals surface area (Å²) in [5.74, 6) is 2.17. The molecule has 0 unspecified atom stereocenters. The maximum absolute atomic E-state index is 12.7. The lowest BCUT2D eigenvalue weighted by molar-refractivity contribution is 0.0988. The highest BCUT2D eigenvalue weighted by molar-refractivity contribution is 6.02. The number of nitrogens with zero attached hydrogens (tertiary/aromatic N) is 7. The summed E-state index contributed by atoms with van der Waals surface area (Å²) in [6.45, 7) is 1.79. The number of methoxy groups -OCH3 is 1. The van der Waals surface area contributed by atoms with Gasteiger partial charge in [-0.15, -0.1) is 0 Å². The molecular weight excluding hydrogens is 498 g/mol. The lowest BCUT2D eigenvalue weighted by Gasteiger charge is -2.16. The number of nitrogens with one attached hydrogen (secondary N) is 2. The second-order valence-electron chi connectivity index (χ2n) is 8.43. The number of Topliss-reactive ketones (excluding diaryl/α,β-unsaturated/α-hetero) is 1. The molecule has 39 heavy (non-hydrogen) atoms. The van der Waals surface area contributed by atoms with Gasteiger partial charge in [-0.05, 0) is 24.3 Å². The summed E-state index contributed by atoms with van der Waals surface area (Å²) in [7, 11) is 3.31. The fourth-order valence-electron chi connectivity index (χ4n) is 3.92. The first-order valence-corrected chi connectivity index (χ1v) is 12.1. The minimum Gasteiger partial charge on any atom is -0.492 e. The van der Waals surface area contributed by atoms with E-state index in [9.17, 15) is 9.59 Å². The Morgan fingerprint density at radius 2 is 1.85 bits per heavy atom. The Morgan fingerprint density at radius 3 is 2.54 bits per heavy atom. The van der Waals surface area contributed by atoms with E-state index in [2.05, 4.69) is 35.7 Å². The molecule has 0 aliphatic heterocycles. The number of rotatable bonds is 9. The van der Waals surface area contributed by atoms with Gasteiger partial charge in [0.15, 0.2) is 23.2 Å². The molecular formula is C27H25N9O3. The van der Waals surface area contributed by atoms with Crippen LogP contribution in [0.15, 0.2) is 78.4 Å². The van der Waals surface area contributed by atoms with Crippen LogP contribution in [0.1, 0.15) is 23.7 Å². The molecule has 0 saturated heterocycles. The highest BCUT2D eigenvalue weighted by Crippen LogP contribution is 2.36. The SMILES string of the molecule is CCC(=O)c1cnc(Nc2ccc(-n3ccccc3=O)cn2)cc1Nc1nccc(-c2ncn(C)n2)c1OC. The van der Waals surface area contributed by atoms with Crippen molar-refractivity contribution in [1.29, 1.82) is 0 Å². The van der Waals surface area contributed by atoms with Gasteiger partial charge in [-0.25, -0.2) is 19.9 Å². The molecule has 0 aliphatic carbocycles. The largest absolute Gasteiger partial charge is 0.492 e. The maximum Gasteiger partial charge on any atom is 0.255 e. The van der Waals surface area contributed by atoms with Crippen LogP contribution in [0.4, 0.5) is 23.1 Å². The van der Waals surface area contributed by atoms with E-state index in [1.165, 1.54) is 23.9 Å². The van der Waals surface area contributed by atoms with Gasteiger partial charge in [-0.1, -0.05) is 13.0 Å². The van der Waals surface area contributed by atoms with E-state index in [-0.39, 0.29) is 11.3 Å². The second kappa shape index (κ2) is 10.9. The molecule has 0 aromatic carbocycles. The van der Waals surface area contributed by atoms with Crippen molar-refractivity contribution < 1.29 is 9.53 Å². The van der Waals surface area contributed by atoms with E-state index in [1.807, 2.05) is 0 Å². The zero-order valence-electron chi connectivity index (χ0n) is 21.5. The maximum atomic E-state index is 12.7. The Balaban J connectivity index is 1.46. The van der Waals surface area contributed by atoms with Crippen molar-refractivity contribution >= 4 is 28.9 Å². The van der Waals surface area contributed by atoms with Crippen molar-refractivity contribution in [1.82, 2.24) is 34.3 Å². The first-order valence-electron chi connectivity index (χ1n) is 12.1. The van der Waals surface area contributed by atoms with Gasteiger partial charge in [0.2, 0.25) is 0 Å². The molecule has 0 aliphatic rings. The molecule has 196 valence electrons. The lowest BCUT2D eigenvalue weighted by atomic mass is 10.1. The summed E-state index contributed by atoms with van der Waals surface area (Å²) < 4.78 is 8.75. The van der Waals surface area contributed by atoms with Crippen LogP contribution in [-0.2, 0) is 7.05 Å². The van der Waals surface area contributed by atoms with E-state index in [1.54, 1.807) is 80.0 Å². The van der Waals surface area contributed by atoms with Crippen molar-refractivity contribution in [3.05, 3.63) is 89.5 Å². The molecule has 0 bridgehead atoms. The van der Waals surface area contributed by atoms with Crippen molar-refractivity contribution in [2.75, 3.05) is 17.7 Å². The van der Waals surface area contributed by atoms with E-state index >= 15 is 0 Å². The van der Waals surface area contributed by atoms with Crippen molar-refractivity contribution in [3.63, 3.8) is 0 Å². The van der Waals surface area contributed by atoms with Crippen LogP contribution < -0.4 is 20.9 Å². The van der Waals surface area contributed by atoms with E-state index < -0.39 is 0 Å². The Labute approximate surface area is 223 Å². The molecule has 2 N–H and O–H groups in total. The third-order valence-electron chi connectivity index (χ3n) is 5.83. The smallest absolute Gasteiger partial charge is 0.255 e. The van der Waals surface area contributed by atoms with Crippen LogP contribution in [0.2, 0.25) is 0 Å². The number of carbonyl (C=O) groups is 1. The Bertz CT molecular complexity index is 1690. The molecule has 12 heteroatoms. The first-order chi connectivity index (χ1) is 19.0. The molecule has 0 saturated carbocycles. The average molecular weight is 524 g/mol. The molecule has 0 spiro atoms. The number of carbonyl (C=O) groups excluding carboxylic acids is 1. The minimum atomic E-state index is -0.152. The molecule has 5 heterocycles. The highest BCUT2D eigenvalue weighted by Gasteiger charge is 2.19. The average Bonchev–Trinajstić information content (AvgIpc) is 3.39. The summed E-state index contributed by atoms with van der Waals surface area (Å²) in [5.41, 5.74) is 2.02. The molecule has 5 rings (SSSR count). The number of aryl methyl sites for hydroxylation is 1. The van der Waals surface area contributed by atoms with E-state index in [0.717, 1.165) is 0 Å². The van der Waals surface area contributed by atoms with Crippen LogP contribution in [0.25, 0.3) is 17.1 Å². The summed E-state index contributed by atoms with van der Waals surface area (Å²) >= 11 is 0. The van der Waals surface area contributed by atoms with Gasteiger partial charge in [0.25, 0.3) is 5.56 Å². The first kappa shape index (κ1) is 25.3. The Hall–Kier alpha value is -5.39. The molecule has 0 radical (unpaired) electrons. The molecule has 0 atom stereocenters. The fourth-order valence-corrected chi connectivity index (χ4v) is 3.92. The number of aromatic nitrogens is 7. The molecule has 0 amide bonds. The highest BCUT2D eigenvalue weighted by atomic mass is 16.5. The molecule has 0 fully saturated rings. The molecule has 5 aromatic rings. The van der Waals surface area contributed by atoms with E-state index in [0.29, 0.717) is 58.0 Å². The van der Waals surface area contributed by atoms with Crippen molar-refractivity contribution in [2.45, 2.75) is 13.3 Å². The monoisotopic (exact) mass is 523 g/mol. The third-order valence-corrected chi connectivity index (χ3v) is 5.83. The Kier molecular flexibility index (Phi) is 7.08. The topological polar surface area (TPSA) is 142 Å². The summed E-state index contributed by atoms with van der Waals surface area (Å²) in [5, 5.41) is 10.7. The zero-order valence-corrected chi connectivity index (χ0v) is 21.5. The number of ketones is 1. The number of ether oxygens (including phenoxy) is 1. The summed E-state index contributed by atoms with van der Waals surface area (Å²) in [6, 6.07) is 11.9. The lowest BCUT2D eigenvalue weighted by Crippen LogP contribution is -2.15. The van der Waals surface area contributed by atoms with Crippen molar-refractivity contribution in [3.8, 4) is 22.8 Å². The Morgan fingerprint density at radius 1 is 1.00 bits per heavy atom. The van der Waals surface area contributed by atoms with Crippen molar-refractivity contribution in [2.24, 2.45) is 7.05 Å². The standard InChI is InChI=1S/C27H25N9O3/c1-4-21(37)19-15-30-23(33-22-9-8-17(14-29-22)36-12-6-5-7-24(36)38)13-20(19)32-27-25(39-3)18(10-11-28-27)26-31-16-35(2)34-26/h5-16H,4H2,1-3H3,(H2,28,29,30,32,33). The normalized spacial score (nSPS) is 10.7. The predicted octanol–water partition coefficient (Wildman–Crippen LogP) is 3.91. The van der Waals surface area contributed by atoms with Gasteiger partial charge in [0.05, 0.1) is 35.8 Å². The summed E-state index contributed by atoms with van der Waals surface area (Å²) in [4.78, 5) is 42.4. The predicted molar refractivity (Wildman–Crippen MR) is 146 cm³/mol. The van der Waals surface area contributed by atoms with E-state index in [4.69, 9.17) is 4.74 Å². The summed E-state index contributed by atoms with van der Waals surface area (Å²) in [6.07, 6.45) is 8.28. The number of pyridine rings is 4. The zero-order chi connectivity index (χ0) is 27.4.